The molecule has 18 heavy (non-hydrogen) atoms. The van der Waals surface area contributed by atoms with Gasteiger partial charge in [-0.15, -0.1) is 0 Å². The van der Waals surface area contributed by atoms with Crippen LogP contribution in [0.5, 0.6) is 0 Å². The molecule has 0 aromatic heterocycles. The summed E-state index contributed by atoms with van der Waals surface area (Å²) in [5.41, 5.74) is 0. The summed E-state index contributed by atoms with van der Waals surface area (Å²) in [6.45, 7) is 1.04. The molecule has 1 saturated carbocycles. The molecule has 0 spiro atoms. The summed E-state index contributed by atoms with van der Waals surface area (Å²) in [5.74, 6) is -0.672. The molecule has 3 aliphatic rings. The second-order valence-corrected chi connectivity index (χ2v) is 5.34. The predicted molar refractivity (Wildman–Crippen MR) is 61.9 cm³/mol. The van der Waals surface area contributed by atoms with Gasteiger partial charge >= 0.3 is 0 Å². The van der Waals surface area contributed by atoms with E-state index < -0.39 is 37.0 Å². The molecular formula is C12H18F2N2O2. The maximum Gasteiger partial charge on any atom is 0.288 e. The van der Waals surface area contributed by atoms with Crippen LogP contribution in [0.1, 0.15) is 19.3 Å². The van der Waals surface area contributed by atoms with E-state index in [0.29, 0.717) is 12.4 Å². The number of halogens is 2. The van der Waals surface area contributed by atoms with Crippen molar-refractivity contribution in [1.29, 1.82) is 0 Å². The number of hydrogen-bond donors (Lipinski definition) is 1. The summed E-state index contributed by atoms with van der Waals surface area (Å²) in [5, 5.41) is 9.68. The first-order valence-corrected chi connectivity index (χ1v) is 6.58. The van der Waals surface area contributed by atoms with E-state index in [2.05, 4.69) is 4.99 Å². The Morgan fingerprint density at radius 2 is 2.11 bits per heavy atom. The quantitative estimate of drug-likeness (QED) is 0.761. The summed E-state index contributed by atoms with van der Waals surface area (Å²) >= 11 is 0. The van der Waals surface area contributed by atoms with Crippen LogP contribution in [0.2, 0.25) is 0 Å². The van der Waals surface area contributed by atoms with Crippen LogP contribution in [-0.2, 0) is 4.74 Å². The number of amidine groups is 1. The summed E-state index contributed by atoms with van der Waals surface area (Å²) in [6.07, 6.45) is -0.686. The first-order valence-electron chi connectivity index (χ1n) is 6.58. The minimum Gasteiger partial charge on any atom is -0.459 e. The fourth-order valence-electron chi connectivity index (χ4n) is 3.03. The van der Waals surface area contributed by atoms with Gasteiger partial charge in [0, 0.05) is 19.0 Å². The van der Waals surface area contributed by atoms with Crippen molar-refractivity contribution >= 4 is 6.02 Å². The number of aliphatic imine (C=N–C) groups is 1. The topological polar surface area (TPSA) is 45.1 Å². The van der Waals surface area contributed by atoms with E-state index in [1.807, 2.05) is 4.90 Å². The molecule has 0 aromatic rings. The molecule has 0 radical (unpaired) electrons. The van der Waals surface area contributed by atoms with Gasteiger partial charge in [0.15, 0.2) is 6.17 Å². The molecule has 1 saturated heterocycles. The van der Waals surface area contributed by atoms with Gasteiger partial charge in [0.1, 0.15) is 12.1 Å². The lowest BCUT2D eigenvalue weighted by Gasteiger charge is -2.35. The maximum absolute atomic E-state index is 14.0. The third-order valence-corrected chi connectivity index (χ3v) is 4.14. The molecule has 1 aliphatic carbocycles. The summed E-state index contributed by atoms with van der Waals surface area (Å²) < 4.78 is 32.4. The van der Waals surface area contributed by atoms with E-state index in [0.717, 1.165) is 25.9 Å². The Bertz CT molecular complexity index is 347. The van der Waals surface area contributed by atoms with Crippen molar-refractivity contribution in [2.24, 2.45) is 10.9 Å². The van der Waals surface area contributed by atoms with Gasteiger partial charge in [0.2, 0.25) is 0 Å². The van der Waals surface area contributed by atoms with Crippen LogP contribution < -0.4 is 0 Å². The molecule has 0 aromatic carbocycles. The van der Waals surface area contributed by atoms with E-state index in [1.54, 1.807) is 0 Å². The van der Waals surface area contributed by atoms with Crippen LogP contribution in [0.25, 0.3) is 0 Å². The Morgan fingerprint density at radius 1 is 1.39 bits per heavy atom. The molecule has 0 unspecified atom stereocenters. The van der Waals surface area contributed by atoms with E-state index in [4.69, 9.17) is 4.74 Å². The van der Waals surface area contributed by atoms with Crippen molar-refractivity contribution in [1.82, 2.24) is 4.90 Å². The lowest BCUT2D eigenvalue weighted by atomic mass is 9.81. The number of alkyl halides is 2. The molecular weight excluding hydrogens is 242 g/mol. The highest BCUT2D eigenvalue weighted by Crippen LogP contribution is 2.35. The van der Waals surface area contributed by atoms with Gasteiger partial charge in [-0.25, -0.2) is 9.38 Å². The van der Waals surface area contributed by atoms with Gasteiger partial charge in [0.05, 0.1) is 12.8 Å². The largest absolute Gasteiger partial charge is 0.459 e. The number of rotatable bonds is 1. The van der Waals surface area contributed by atoms with Gasteiger partial charge in [-0.2, -0.15) is 0 Å². The summed E-state index contributed by atoms with van der Waals surface area (Å²) in [6, 6.07) is -0.185. The van der Waals surface area contributed by atoms with Crippen molar-refractivity contribution < 1.29 is 18.6 Å². The van der Waals surface area contributed by atoms with Gasteiger partial charge in [-0.3, -0.25) is 4.39 Å². The average Bonchev–Trinajstić information content (AvgIpc) is 3.01. The van der Waals surface area contributed by atoms with Gasteiger partial charge in [-0.1, -0.05) is 0 Å². The molecule has 2 heterocycles. The van der Waals surface area contributed by atoms with E-state index in [1.165, 1.54) is 0 Å². The molecule has 2 aliphatic heterocycles. The number of ether oxygens (including phenoxy) is 1. The highest BCUT2D eigenvalue weighted by molar-refractivity contribution is 5.76. The number of hydrogen-bond acceptors (Lipinski definition) is 4. The van der Waals surface area contributed by atoms with Crippen LogP contribution in [0, 0.1) is 5.92 Å². The highest BCUT2D eigenvalue weighted by Gasteiger charge is 2.49. The zero-order valence-corrected chi connectivity index (χ0v) is 10.1. The van der Waals surface area contributed by atoms with Crippen molar-refractivity contribution in [3.8, 4) is 0 Å². The molecule has 0 bridgehead atoms. The van der Waals surface area contributed by atoms with Crippen molar-refractivity contribution in [3.05, 3.63) is 0 Å². The number of fused-ring (bicyclic) bond motifs is 1. The van der Waals surface area contributed by atoms with Crippen molar-refractivity contribution in [2.45, 2.75) is 43.7 Å². The SMILES string of the molecule is O[C@@H]1[C@@H](CF)C[C@@H]2OC(N3CCCC3)=N[C@@H]2[C@@H]1F. The third kappa shape index (κ3) is 1.86. The van der Waals surface area contributed by atoms with E-state index >= 15 is 0 Å². The Balaban J connectivity index is 1.74. The first-order chi connectivity index (χ1) is 8.70. The van der Waals surface area contributed by atoms with Gasteiger partial charge < -0.3 is 14.7 Å². The van der Waals surface area contributed by atoms with E-state index in [9.17, 15) is 13.9 Å². The predicted octanol–water partition coefficient (Wildman–Crippen LogP) is 0.894. The van der Waals surface area contributed by atoms with Gasteiger partial charge in [-0.05, 0) is 19.3 Å². The molecule has 1 N–H and O–H groups in total. The maximum atomic E-state index is 14.0. The fourth-order valence-corrected chi connectivity index (χ4v) is 3.03. The van der Waals surface area contributed by atoms with Crippen LogP contribution in [0.3, 0.4) is 0 Å². The number of nitrogens with zero attached hydrogens (tertiary/aromatic N) is 2. The van der Waals surface area contributed by atoms with E-state index in [-0.39, 0.29) is 0 Å². The van der Waals surface area contributed by atoms with Crippen LogP contribution in [-0.4, -0.2) is 60.2 Å². The van der Waals surface area contributed by atoms with Crippen LogP contribution in [0.15, 0.2) is 4.99 Å². The van der Waals surface area contributed by atoms with Crippen molar-refractivity contribution in [3.63, 3.8) is 0 Å². The first kappa shape index (κ1) is 12.1. The zero-order valence-electron chi connectivity index (χ0n) is 10.1. The Labute approximate surface area is 105 Å². The molecule has 2 fully saturated rings. The summed E-state index contributed by atoms with van der Waals surface area (Å²) in [4.78, 5) is 6.26. The lowest BCUT2D eigenvalue weighted by molar-refractivity contribution is -0.0554. The number of aliphatic hydroxyl groups is 1. The average molecular weight is 260 g/mol. The molecule has 102 valence electrons. The lowest BCUT2D eigenvalue weighted by Crippen LogP contribution is -2.50. The zero-order chi connectivity index (χ0) is 12.7. The van der Waals surface area contributed by atoms with Crippen LogP contribution >= 0.6 is 0 Å². The van der Waals surface area contributed by atoms with Crippen molar-refractivity contribution in [2.75, 3.05) is 19.8 Å². The smallest absolute Gasteiger partial charge is 0.288 e. The normalized spacial score (nSPS) is 43.6. The standard InChI is InChI=1S/C12H18F2N2O2/c13-6-7-5-8-10(9(14)11(7)17)15-12(18-8)16-3-1-2-4-16/h7-11,17H,1-6H2/t7-,8+,9+,10+,11-/m1/s1. The second kappa shape index (κ2) is 4.64. The Kier molecular flexibility index (Phi) is 3.13. The fraction of sp³-hybridized carbons (Fsp3) is 0.917. The van der Waals surface area contributed by atoms with Crippen LogP contribution in [0.4, 0.5) is 8.78 Å². The molecule has 3 rings (SSSR count). The molecule has 4 nitrogen and oxygen atoms in total. The third-order valence-electron chi connectivity index (χ3n) is 4.14. The Morgan fingerprint density at radius 3 is 2.78 bits per heavy atom. The summed E-state index contributed by atoms with van der Waals surface area (Å²) in [7, 11) is 0. The monoisotopic (exact) mass is 260 g/mol. The molecule has 5 atom stereocenters. The minimum atomic E-state index is -1.52. The minimum absolute atomic E-state index is 0.337. The molecule has 6 heteroatoms. The Hall–Kier alpha value is -0.910. The second-order valence-electron chi connectivity index (χ2n) is 5.34. The number of likely N-dealkylation sites (tertiary alicyclic amines) is 1. The highest BCUT2D eigenvalue weighted by atomic mass is 19.1. The molecule has 0 amide bonds. The van der Waals surface area contributed by atoms with Gasteiger partial charge in [0.25, 0.3) is 6.02 Å². The number of aliphatic hydroxyl groups excluding tert-OH is 1.